The van der Waals surface area contributed by atoms with Crippen molar-refractivity contribution < 1.29 is 22.8 Å². The van der Waals surface area contributed by atoms with Crippen LogP contribution < -0.4 is 16.2 Å². The molecule has 2 rings (SSSR count). The molecule has 30 heavy (non-hydrogen) atoms. The van der Waals surface area contributed by atoms with Crippen LogP contribution in [0.5, 0.6) is 0 Å². The lowest BCUT2D eigenvalue weighted by atomic mass is 9.36. The fraction of sp³-hybridized carbons (Fsp3) is 0.250. The number of halogens is 3. The van der Waals surface area contributed by atoms with Crippen LogP contribution in [0.4, 0.5) is 24.5 Å². The Morgan fingerprint density at radius 3 is 2.17 bits per heavy atom. The standard InChI is InChI=1S/C20H20BF3N4O2/c1-19(2,21(3)12-25)18(30)28-27-17(29)15-6-4-5-7-16(15)26-14-10-8-13(9-11-14)20(22,23)24/h4-11,26H,1-3H3,(H,27,29)(H,28,30). The zero-order chi connectivity index (χ0) is 22.5. The number of hydrogen-bond acceptors (Lipinski definition) is 4. The van der Waals surface area contributed by atoms with E-state index in [4.69, 9.17) is 5.26 Å². The highest BCUT2D eigenvalue weighted by atomic mass is 19.4. The molecule has 3 N–H and O–H groups in total. The molecular formula is C20H20BF3N4O2. The van der Waals surface area contributed by atoms with Crippen LogP contribution in [-0.4, -0.2) is 18.5 Å². The van der Waals surface area contributed by atoms with Gasteiger partial charge in [0.1, 0.15) is 0 Å². The van der Waals surface area contributed by atoms with Crippen molar-refractivity contribution in [3.63, 3.8) is 0 Å². The van der Waals surface area contributed by atoms with Gasteiger partial charge in [0.2, 0.25) is 5.91 Å². The summed E-state index contributed by atoms with van der Waals surface area (Å²) in [5.74, 6) is 0.845. The molecule has 156 valence electrons. The van der Waals surface area contributed by atoms with Crippen LogP contribution in [-0.2, 0) is 11.0 Å². The van der Waals surface area contributed by atoms with Gasteiger partial charge in [-0.05, 0) is 36.4 Å². The van der Waals surface area contributed by atoms with E-state index < -0.39 is 35.6 Å². The maximum Gasteiger partial charge on any atom is 0.416 e. The monoisotopic (exact) mass is 416 g/mol. The Balaban J connectivity index is 2.12. The molecular weight excluding hydrogens is 396 g/mol. The summed E-state index contributed by atoms with van der Waals surface area (Å²) in [5, 5.41) is 10.9. The van der Waals surface area contributed by atoms with Crippen LogP contribution in [0.2, 0.25) is 12.1 Å². The maximum atomic E-state index is 12.7. The Morgan fingerprint density at radius 2 is 1.60 bits per heavy atom. The molecule has 0 bridgehead atoms. The van der Waals surface area contributed by atoms with Gasteiger partial charge < -0.3 is 5.32 Å². The molecule has 0 saturated heterocycles. The van der Waals surface area contributed by atoms with Crippen molar-refractivity contribution in [3.05, 3.63) is 59.7 Å². The smallest absolute Gasteiger partial charge is 0.355 e. The lowest BCUT2D eigenvalue weighted by Crippen LogP contribution is -2.48. The Bertz CT molecular complexity index is 969. The van der Waals surface area contributed by atoms with Crippen LogP contribution in [0.15, 0.2) is 48.5 Å². The van der Waals surface area contributed by atoms with Gasteiger partial charge in [-0.1, -0.05) is 32.8 Å². The molecule has 10 heteroatoms. The number of carbonyl (C=O) groups excluding carboxylic acids is 2. The molecule has 0 unspecified atom stereocenters. The third kappa shape index (κ3) is 5.32. The summed E-state index contributed by atoms with van der Waals surface area (Å²) in [4.78, 5) is 24.8. The number of nitrogens with one attached hydrogen (secondary N) is 3. The van der Waals surface area contributed by atoms with Crippen LogP contribution in [0.3, 0.4) is 0 Å². The first-order chi connectivity index (χ1) is 14.0. The molecule has 6 nitrogen and oxygen atoms in total. The SMILES string of the molecule is CB(C#N)C(C)(C)C(=O)NNC(=O)c1ccccc1Nc1ccc(C(F)(F)F)cc1. The molecule has 2 aromatic carbocycles. The van der Waals surface area contributed by atoms with Gasteiger partial charge in [0.25, 0.3) is 12.6 Å². The van der Waals surface area contributed by atoms with E-state index in [0.29, 0.717) is 11.4 Å². The summed E-state index contributed by atoms with van der Waals surface area (Å²) in [7, 11) is 0. The minimum Gasteiger partial charge on any atom is -0.355 e. The van der Waals surface area contributed by atoms with E-state index in [9.17, 15) is 22.8 Å². The van der Waals surface area contributed by atoms with Crippen molar-refractivity contribution in [2.24, 2.45) is 0 Å². The highest BCUT2D eigenvalue weighted by Crippen LogP contribution is 2.31. The largest absolute Gasteiger partial charge is 0.416 e. The molecule has 0 saturated carbocycles. The van der Waals surface area contributed by atoms with Crippen LogP contribution in [0, 0.1) is 11.2 Å². The zero-order valence-electron chi connectivity index (χ0n) is 16.6. The molecule has 0 fully saturated rings. The normalized spacial score (nSPS) is 11.2. The zero-order valence-corrected chi connectivity index (χ0v) is 16.6. The van der Waals surface area contributed by atoms with E-state index in [1.54, 1.807) is 38.9 Å². The van der Waals surface area contributed by atoms with Crippen LogP contribution in [0.1, 0.15) is 29.8 Å². The van der Waals surface area contributed by atoms with Gasteiger partial charge >= 0.3 is 6.18 Å². The molecule has 0 aliphatic rings. The molecule has 0 radical (unpaired) electrons. The molecule has 0 heterocycles. The minimum absolute atomic E-state index is 0.170. The van der Waals surface area contributed by atoms with Crippen molar-refractivity contribution in [2.45, 2.75) is 32.2 Å². The van der Waals surface area contributed by atoms with E-state index in [0.717, 1.165) is 12.1 Å². The number of hydrogen-bond donors (Lipinski definition) is 3. The highest BCUT2D eigenvalue weighted by Gasteiger charge is 2.37. The summed E-state index contributed by atoms with van der Waals surface area (Å²) in [6.07, 6.45) is -4.44. The number of anilines is 2. The quantitative estimate of drug-likeness (QED) is 0.504. The van der Waals surface area contributed by atoms with Gasteiger partial charge in [0.15, 0.2) is 0 Å². The number of nitriles is 1. The average molecular weight is 416 g/mol. The molecule has 0 atom stereocenters. The fourth-order valence-electron chi connectivity index (χ4n) is 2.39. The first kappa shape index (κ1) is 22.8. The molecule has 2 aromatic rings. The Kier molecular flexibility index (Phi) is 6.77. The van der Waals surface area contributed by atoms with Crippen LogP contribution >= 0.6 is 0 Å². The fourth-order valence-corrected chi connectivity index (χ4v) is 2.39. The van der Waals surface area contributed by atoms with E-state index in [2.05, 4.69) is 16.2 Å². The predicted octanol–water partition coefficient (Wildman–Crippen LogP) is 4.18. The summed E-state index contributed by atoms with van der Waals surface area (Å²) in [6.45, 7) is 4.19. The molecule has 0 spiro atoms. The second kappa shape index (κ2) is 8.90. The van der Waals surface area contributed by atoms with Gasteiger partial charge in [-0.25, -0.2) is 5.26 Å². The number of hydrazine groups is 1. The van der Waals surface area contributed by atoms with Gasteiger partial charge in [-0.2, -0.15) is 13.2 Å². The highest BCUT2D eigenvalue weighted by molar-refractivity contribution is 6.72. The number of benzene rings is 2. The molecule has 0 aromatic heterocycles. The van der Waals surface area contributed by atoms with Gasteiger partial charge in [0.05, 0.1) is 16.8 Å². The van der Waals surface area contributed by atoms with Crippen molar-refractivity contribution in [1.82, 2.24) is 10.9 Å². The first-order valence-electron chi connectivity index (χ1n) is 9.00. The number of carbonyl (C=O) groups is 2. The van der Waals surface area contributed by atoms with Gasteiger partial charge in [-0.3, -0.25) is 20.4 Å². The summed E-state index contributed by atoms with van der Waals surface area (Å²) in [5.41, 5.74) is 4.70. The Morgan fingerprint density at radius 1 is 1.00 bits per heavy atom. The summed E-state index contributed by atoms with van der Waals surface area (Å²) in [6, 6.07) is 10.7. The molecule has 2 amide bonds. The first-order valence-corrected chi connectivity index (χ1v) is 9.00. The van der Waals surface area contributed by atoms with E-state index in [1.807, 2.05) is 5.97 Å². The average Bonchev–Trinajstić information content (AvgIpc) is 2.71. The number of nitrogens with zero attached hydrogens (tertiary/aromatic N) is 1. The summed E-state index contributed by atoms with van der Waals surface area (Å²) < 4.78 is 38.1. The molecule has 0 aliphatic heterocycles. The minimum atomic E-state index is -4.44. The number of amides is 2. The van der Waals surface area contributed by atoms with Crippen molar-refractivity contribution >= 4 is 29.9 Å². The van der Waals surface area contributed by atoms with E-state index in [1.165, 1.54) is 18.2 Å². The second-order valence-electron chi connectivity index (χ2n) is 7.23. The number of alkyl halides is 3. The lowest BCUT2D eigenvalue weighted by Gasteiger charge is -2.24. The van der Waals surface area contributed by atoms with Crippen LogP contribution in [0.25, 0.3) is 0 Å². The van der Waals surface area contributed by atoms with E-state index >= 15 is 0 Å². The number of para-hydroxylation sites is 1. The van der Waals surface area contributed by atoms with E-state index in [-0.39, 0.29) is 5.56 Å². The molecule has 0 aliphatic carbocycles. The third-order valence-electron chi connectivity index (χ3n) is 4.81. The third-order valence-corrected chi connectivity index (χ3v) is 4.81. The second-order valence-corrected chi connectivity index (χ2v) is 7.23. The van der Waals surface area contributed by atoms with Crippen molar-refractivity contribution in [1.29, 1.82) is 5.26 Å². The Labute approximate surface area is 172 Å². The topological polar surface area (TPSA) is 94.0 Å². The predicted molar refractivity (Wildman–Crippen MR) is 108 cm³/mol. The van der Waals surface area contributed by atoms with Gasteiger partial charge in [-0.15, -0.1) is 0 Å². The van der Waals surface area contributed by atoms with Crippen molar-refractivity contribution in [2.75, 3.05) is 5.32 Å². The van der Waals surface area contributed by atoms with Crippen molar-refractivity contribution in [3.8, 4) is 5.97 Å². The summed E-state index contributed by atoms with van der Waals surface area (Å²) >= 11 is 0. The number of rotatable bonds is 5. The maximum absolute atomic E-state index is 12.7. The van der Waals surface area contributed by atoms with Gasteiger partial charge in [0, 0.05) is 17.0 Å². The Hall–Kier alpha value is -3.48. The lowest BCUT2D eigenvalue weighted by molar-refractivity contribution is -0.137.